The molecule has 1 N–H and O–H groups in total. The lowest BCUT2D eigenvalue weighted by molar-refractivity contribution is -0.138. The highest BCUT2D eigenvalue weighted by molar-refractivity contribution is 6.34. The molecule has 1 aromatic rings. The number of halogens is 1. The van der Waals surface area contributed by atoms with Gasteiger partial charge in [0.25, 0.3) is 5.79 Å². The van der Waals surface area contributed by atoms with Crippen LogP contribution in [0, 0.1) is 0 Å². The van der Waals surface area contributed by atoms with Crippen LogP contribution < -0.4 is 14.8 Å². The SMILES string of the molecule is CNCC(=O)c1cc2c(cc1Cl)OC1(CCC1)O2. The molecular weight excluding hydrogens is 254 g/mol. The molecule has 0 aromatic heterocycles. The lowest BCUT2D eigenvalue weighted by Crippen LogP contribution is -2.45. The number of hydrogen-bond donors (Lipinski definition) is 1. The number of ether oxygens (including phenoxy) is 2. The van der Waals surface area contributed by atoms with E-state index in [2.05, 4.69) is 5.32 Å². The van der Waals surface area contributed by atoms with Gasteiger partial charge in [-0.1, -0.05) is 11.6 Å². The fourth-order valence-electron chi connectivity index (χ4n) is 2.26. The standard InChI is InChI=1S/C13H14ClNO3/c1-15-7-10(16)8-5-11-12(6-9(8)14)18-13(17-11)3-2-4-13/h5-6,15H,2-4,7H2,1H3. The first-order chi connectivity index (χ1) is 8.63. The molecule has 1 aliphatic carbocycles. The number of likely N-dealkylation sites (N-methyl/N-ethyl adjacent to an activating group) is 1. The predicted octanol–water partition coefficient (Wildman–Crippen LogP) is 2.39. The second kappa shape index (κ2) is 4.14. The van der Waals surface area contributed by atoms with Crippen LogP contribution in [0.5, 0.6) is 11.5 Å². The lowest BCUT2D eigenvalue weighted by Gasteiger charge is -2.35. The van der Waals surface area contributed by atoms with Crippen molar-refractivity contribution in [3.63, 3.8) is 0 Å². The molecule has 0 bridgehead atoms. The summed E-state index contributed by atoms with van der Waals surface area (Å²) in [6.07, 6.45) is 2.88. The summed E-state index contributed by atoms with van der Waals surface area (Å²) in [5, 5.41) is 3.23. The van der Waals surface area contributed by atoms with Gasteiger partial charge in [-0.2, -0.15) is 0 Å². The van der Waals surface area contributed by atoms with Gasteiger partial charge in [-0.15, -0.1) is 0 Å². The number of carbonyl (C=O) groups excluding carboxylic acids is 1. The first-order valence-electron chi connectivity index (χ1n) is 6.03. The average molecular weight is 268 g/mol. The maximum Gasteiger partial charge on any atom is 0.251 e. The van der Waals surface area contributed by atoms with Gasteiger partial charge >= 0.3 is 0 Å². The first-order valence-corrected chi connectivity index (χ1v) is 6.41. The molecule has 1 fully saturated rings. The van der Waals surface area contributed by atoms with Gasteiger partial charge in [0.15, 0.2) is 17.3 Å². The monoisotopic (exact) mass is 267 g/mol. The minimum atomic E-state index is -0.490. The molecule has 0 radical (unpaired) electrons. The number of nitrogens with one attached hydrogen (secondary N) is 1. The Morgan fingerprint density at radius 3 is 2.61 bits per heavy atom. The van der Waals surface area contributed by atoms with Crippen LogP contribution in [0.25, 0.3) is 0 Å². The number of rotatable bonds is 3. The smallest absolute Gasteiger partial charge is 0.251 e. The number of fused-ring (bicyclic) bond motifs is 1. The van der Waals surface area contributed by atoms with Crippen molar-refractivity contribution in [2.45, 2.75) is 25.0 Å². The molecule has 1 heterocycles. The molecular formula is C13H14ClNO3. The zero-order valence-electron chi connectivity index (χ0n) is 10.1. The van der Waals surface area contributed by atoms with Gasteiger partial charge < -0.3 is 14.8 Å². The Morgan fingerprint density at radius 2 is 2.06 bits per heavy atom. The Morgan fingerprint density at radius 1 is 1.39 bits per heavy atom. The summed E-state index contributed by atoms with van der Waals surface area (Å²) in [7, 11) is 1.72. The molecule has 3 rings (SSSR count). The van der Waals surface area contributed by atoms with Crippen molar-refractivity contribution in [3.8, 4) is 11.5 Å². The molecule has 4 nitrogen and oxygen atoms in total. The third-order valence-corrected chi connectivity index (χ3v) is 3.69. The van der Waals surface area contributed by atoms with Crippen LogP contribution in [-0.4, -0.2) is 25.2 Å². The summed E-state index contributed by atoms with van der Waals surface area (Å²) in [5.41, 5.74) is 0.477. The molecule has 1 aliphatic heterocycles. The highest BCUT2D eigenvalue weighted by Gasteiger charge is 2.47. The van der Waals surface area contributed by atoms with Crippen molar-refractivity contribution >= 4 is 17.4 Å². The van der Waals surface area contributed by atoms with Gasteiger partial charge in [0.1, 0.15) is 0 Å². The average Bonchev–Trinajstić information content (AvgIpc) is 2.66. The van der Waals surface area contributed by atoms with Crippen LogP contribution in [0.2, 0.25) is 5.02 Å². The molecule has 96 valence electrons. The normalized spacial score (nSPS) is 18.8. The van der Waals surface area contributed by atoms with Gasteiger partial charge in [-0.25, -0.2) is 0 Å². The van der Waals surface area contributed by atoms with Gasteiger partial charge in [0.2, 0.25) is 0 Å². The number of hydrogen-bond acceptors (Lipinski definition) is 4. The van der Waals surface area contributed by atoms with E-state index in [9.17, 15) is 4.79 Å². The van der Waals surface area contributed by atoms with Crippen LogP contribution in [-0.2, 0) is 0 Å². The highest BCUT2D eigenvalue weighted by atomic mass is 35.5. The lowest BCUT2D eigenvalue weighted by atomic mass is 9.91. The van der Waals surface area contributed by atoms with Crippen molar-refractivity contribution in [1.82, 2.24) is 5.32 Å². The number of carbonyl (C=O) groups is 1. The van der Waals surface area contributed by atoms with Crippen LogP contribution in [0.4, 0.5) is 0 Å². The van der Waals surface area contributed by atoms with Crippen molar-refractivity contribution in [2.75, 3.05) is 13.6 Å². The summed E-state index contributed by atoms with van der Waals surface area (Å²) in [6.45, 7) is 0.254. The van der Waals surface area contributed by atoms with E-state index in [0.29, 0.717) is 22.1 Å². The van der Waals surface area contributed by atoms with E-state index in [0.717, 1.165) is 19.3 Å². The highest BCUT2D eigenvalue weighted by Crippen LogP contribution is 2.49. The number of Topliss-reactive ketones (excluding diaryl/α,β-unsaturated/α-hetero) is 1. The van der Waals surface area contributed by atoms with E-state index in [1.807, 2.05) is 0 Å². The molecule has 18 heavy (non-hydrogen) atoms. The van der Waals surface area contributed by atoms with Gasteiger partial charge in [0.05, 0.1) is 11.6 Å². The van der Waals surface area contributed by atoms with E-state index < -0.39 is 5.79 Å². The number of benzene rings is 1. The largest absolute Gasteiger partial charge is 0.448 e. The fourth-order valence-corrected chi connectivity index (χ4v) is 2.51. The summed E-state index contributed by atoms with van der Waals surface area (Å²) >= 11 is 6.11. The van der Waals surface area contributed by atoms with E-state index in [1.54, 1.807) is 19.2 Å². The Bertz CT molecular complexity index is 511. The summed E-state index contributed by atoms with van der Waals surface area (Å²) in [5.74, 6) is 0.721. The fraction of sp³-hybridized carbons (Fsp3) is 0.462. The van der Waals surface area contributed by atoms with E-state index in [-0.39, 0.29) is 12.3 Å². The minimum absolute atomic E-state index is 0.0524. The van der Waals surface area contributed by atoms with Crippen molar-refractivity contribution < 1.29 is 14.3 Å². The summed E-state index contributed by atoms with van der Waals surface area (Å²) in [6, 6.07) is 3.36. The van der Waals surface area contributed by atoms with Gasteiger partial charge in [0, 0.05) is 24.5 Å². The van der Waals surface area contributed by atoms with E-state index >= 15 is 0 Å². The van der Waals surface area contributed by atoms with Crippen LogP contribution in [0.1, 0.15) is 29.6 Å². The van der Waals surface area contributed by atoms with Crippen LogP contribution in [0.15, 0.2) is 12.1 Å². The zero-order chi connectivity index (χ0) is 12.8. The Kier molecular flexibility index (Phi) is 2.72. The predicted molar refractivity (Wildman–Crippen MR) is 67.5 cm³/mol. The van der Waals surface area contributed by atoms with Gasteiger partial charge in [-0.05, 0) is 19.5 Å². The van der Waals surface area contributed by atoms with E-state index in [1.165, 1.54) is 0 Å². The zero-order valence-corrected chi connectivity index (χ0v) is 10.8. The molecule has 1 aromatic carbocycles. The van der Waals surface area contributed by atoms with Crippen molar-refractivity contribution in [2.24, 2.45) is 0 Å². The molecule has 0 atom stereocenters. The maximum atomic E-state index is 11.9. The Hall–Kier alpha value is -1.26. The molecule has 1 saturated carbocycles. The second-order valence-electron chi connectivity index (χ2n) is 4.70. The minimum Gasteiger partial charge on any atom is -0.448 e. The molecule has 1 spiro atoms. The summed E-state index contributed by atoms with van der Waals surface area (Å²) in [4.78, 5) is 11.9. The van der Waals surface area contributed by atoms with Crippen LogP contribution >= 0.6 is 11.6 Å². The molecule has 5 heteroatoms. The maximum absolute atomic E-state index is 11.9. The van der Waals surface area contributed by atoms with Gasteiger partial charge in [-0.3, -0.25) is 4.79 Å². The third kappa shape index (κ3) is 1.76. The third-order valence-electron chi connectivity index (χ3n) is 3.38. The second-order valence-corrected chi connectivity index (χ2v) is 5.11. The molecule has 2 aliphatic rings. The molecule has 0 unspecified atom stereocenters. The summed E-state index contributed by atoms with van der Waals surface area (Å²) < 4.78 is 11.6. The van der Waals surface area contributed by atoms with Crippen molar-refractivity contribution in [3.05, 3.63) is 22.7 Å². The Balaban J connectivity index is 1.92. The van der Waals surface area contributed by atoms with E-state index in [4.69, 9.17) is 21.1 Å². The quantitative estimate of drug-likeness (QED) is 0.855. The molecule has 0 amide bonds. The van der Waals surface area contributed by atoms with Crippen LogP contribution in [0.3, 0.4) is 0 Å². The number of ketones is 1. The molecule has 0 saturated heterocycles. The Labute approximate surface area is 110 Å². The first kappa shape index (κ1) is 11.8. The topological polar surface area (TPSA) is 47.6 Å². The van der Waals surface area contributed by atoms with Crippen molar-refractivity contribution in [1.29, 1.82) is 0 Å².